The van der Waals surface area contributed by atoms with Gasteiger partial charge in [0.25, 0.3) is 0 Å². The van der Waals surface area contributed by atoms with Crippen LogP contribution in [-0.4, -0.2) is 23.4 Å². The van der Waals surface area contributed by atoms with E-state index < -0.39 is 6.10 Å². The van der Waals surface area contributed by atoms with Gasteiger partial charge < -0.3 is 14.9 Å². The van der Waals surface area contributed by atoms with Gasteiger partial charge in [-0.1, -0.05) is 11.6 Å². The second-order valence-corrected chi connectivity index (χ2v) is 3.58. The normalized spacial score (nSPS) is 12.6. The third-order valence-electron chi connectivity index (χ3n) is 1.86. The van der Waals surface area contributed by atoms with Gasteiger partial charge in [0.15, 0.2) is 11.5 Å². The molecule has 1 atom stereocenters. The van der Waals surface area contributed by atoms with Gasteiger partial charge in [0.1, 0.15) is 0 Å². The molecule has 1 unspecified atom stereocenters. The van der Waals surface area contributed by atoms with Crippen molar-refractivity contribution in [3.05, 3.63) is 22.7 Å². The monoisotopic (exact) mass is 216 g/mol. The molecule has 0 aliphatic carbocycles. The zero-order valence-corrected chi connectivity index (χ0v) is 8.88. The Bertz CT molecular complexity index is 323. The van der Waals surface area contributed by atoms with Gasteiger partial charge >= 0.3 is 0 Å². The third kappa shape index (κ3) is 2.53. The van der Waals surface area contributed by atoms with Crippen LogP contribution in [0.3, 0.4) is 0 Å². The summed E-state index contributed by atoms with van der Waals surface area (Å²) in [4.78, 5) is 0. The Morgan fingerprint density at radius 2 is 2.14 bits per heavy atom. The Morgan fingerprint density at radius 1 is 1.50 bits per heavy atom. The topological polar surface area (TPSA) is 49.7 Å². The number of hydrogen-bond donors (Lipinski definition) is 2. The van der Waals surface area contributed by atoms with Crippen molar-refractivity contribution >= 4 is 11.6 Å². The van der Waals surface area contributed by atoms with Gasteiger partial charge in [0.2, 0.25) is 0 Å². The van der Waals surface area contributed by atoms with Crippen molar-refractivity contribution in [3.8, 4) is 11.5 Å². The van der Waals surface area contributed by atoms with Gasteiger partial charge in [-0.15, -0.1) is 0 Å². The van der Waals surface area contributed by atoms with E-state index in [4.69, 9.17) is 16.3 Å². The Morgan fingerprint density at radius 3 is 2.64 bits per heavy atom. The zero-order chi connectivity index (χ0) is 10.7. The van der Waals surface area contributed by atoms with Gasteiger partial charge in [-0.3, -0.25) is 0 Å². The molecule has 0 saturated heterocycles. The first-order valence-electron chi connectivity index (χ1n) is 4.28. The molecule has 0 bridgehead atoms. The number of aliphatic hydroxyl groups is 1. The first-order chi connectivity index (χ1) is 6.54. The van der Waals surface area contributed by atoms with Crippen LogP contribution in [0.15, 0.2) is 12.1 Å². The number of hydrogen-bond acceptors (Lipinski definition) is 3. The molecule has 2 N–H and O–H groups in total. The molecule has 1 rings (SSSR count). The minimum atomic E-state index is -0.471. The van der Waals surface area contributed by atoms with Crippen LogP contribution < -0.4 is 4.74 Å². The van der Waals surface area contributed by atoms with Crippen LogP contribution >= 0.6 is 11.6 Å². The van der Waals surface area contributed by atoms with E-state index in [2.05, 4.69) is 0 Å². The third-order valence-corrected chi connectivity index (χ3v) is 2.22. The standard InChI is InChI=1S/C10H13ClO3/c1-6(12)3-7-4-10(14-2)9(13)5-8(7)11/h4-6,12-13H,3H2,1-2H3. The zero-order valence-electron chi connectivity index (χ0n) is 8.12. The summed E-state index contributed by atoms with van der Waals surface area (Å²) in [6.07, 6.45) is -0.0306. The molecule has 78 valence electrons. The summed E-state index contributed by atoms with van der Waals surface area (Å²) in [7, 11) is 1.47. The number of aliphatic hydroxyl groups excluding tert-OH is 1. The maximum atomic E-state index is 9.38. The number of halogens is 1. The molecule has 0 aliphatic heterocycles. The van der Waals surface area contributed by atoms with Gasteiger partial charge in [-0.25, -0.2) is 0 Å². The predicted molar refractivity (Wildman–Crippen MR) is 55.1 cm³/mol. The van der Waals surface area contributed by atoms with Crippen LogP contribution in [0.2, 0.25) is 5.02 Å². The average Bonchev–Trinajstić information content (AvgIpc) is 2.09. The minimum absolute atomic E-state index is 0.00634. The van der Waals surface area contributed by atoms with Crippen molar-refractivity contribution in [2.45, 2.75) is 19.4 Å². The van der Waals surface area contributed by atoms with E-state index in [9.17, 15) is 10.2 Å². The molecule has 0 fully saturated rings. The van der Waals surface area contributed by atoms with E-state index in [0.717, 1.165) is 5.56 Å². The Labute approximate surface area is 87.9 Å². The number of ether oxygens (including phenoxy) is 1. The first-order valence-corrected chi connectivity index (χ1v) is 4.65. The lowest BCUT2D eigenvalue weighted by molar-refractivity contribution is 0.195. The van der Waals surface area contributed by atoms with Crippen LogP contribution in [0.5, 0.6) is 11.5 Å². The molecule has 0 saturated carbocycles. The van der Waals surface area contributed by atoms with Crippen molar-refractivity contribution in [1.29, 1.82) is 0 Å². The largest absolute Gasteiger partial charge is 0.504 e. The van der Waals surface area contributed by atoms with E-state index in [0.29, 0.717) is 17.2 Å². The van der Waals surface area contributed by atoms with Crippen molar-refractivity contribution in [2.75, 3.05) is 7.11 Å². The molecule has 3 nitrogen and oxygen atoms in total. The van der Waals surface area contributed by atoms with Crippen LogP contribution in [0.25, 0.3) is 0 Å². The summed E-state index contributed by atoms with van der Waals surface area (Å²) in [6.45, 7) is 1.68. The average molecular weight is 217 g/mol. The lowest BCUT2D eigenvalue weighted by Crippen LogP contribution is -2.04. The molecule has 1 aromatic rings. The molecule has 0 radical (unpaired) electrons. The van der Waals surface area contributed by atoms with Crippen LogP contribution in [0, 0.1) is 0 Å². The molecule has 0 spiro atoms. The fourth-order valence-electron chi connectivity index (χ4n) is 1.22. The Kier molecular flexibility index (Phi) is 3.61. The lowest BCUT2D eigenvalue weighted by atomic mass is 10.1. The number of rotatable bonds is 3. The summed E-state index contributed by atoms with van der Waals surface area (Å²) >= 11 is 5.88. The molecule has 4 heteroatoms. The van der Waals surface area contributed by atoms with Gasteiger partial charge in [-0.2, -0.15) is 0 Å². The summed E-state index contributed by atoms with van der Waals surface area (Å²) in [5, 5.41) is 19.0. The fourth-order valence-corrected chi connectivity index (χ4v) is 1.46. The molecule has 0 amide bonds. The molecule has 14 heavy (non-hydrogen) atoms. The molecule has 0 aromatic heterocycles. The minimum Gasteiger partial charge on any atom is -0.504 e. The highest BCUT2D eigenvalue weighted by molar-refractivity contribution is 6.31. The molecule has 0 heterocycles. The maximum Gasteiger partial charge on any atom is 0.160 e. The highest BCUT2D eigenvalue weighted by atomic mass is 35.5. The maximum absolute atomic E-state index is 9.38. The summed E-state index contributed by atoms with van der Waals surface area (Å²) < 4.78 is 4.93. The van der Waals surface area contributed by atoms with E-state index in [-0.39, 0.29) is 5.75 Å². The van der Waals surface area contributed by atoms with Crippen molar-refractivity contribution < 1.29 is 14.9 Å². The van der Waals surface area contributed by atoms with Crippen LogP contribution in [0.1, 0.15) is 12.5 Å². The van der Waals surface area contributed by atoms with Gasteiger partial charge in [0.05, 0.1) is 13.2 Å². The van der Waals surface area contributed by atoms with E-state index in [1.54, 1.807) is 13.0 Å². The smallest absolute Gasteiger partial charge is 0.160 e. The Balaban J connectivity index is 3.04. The van der Waals surface area contributed by atoms with E-state index >= 15 is 0 Å². The predicted octanol–water partition coefficient (Wildman–Crippen LogP) is 1.98. The van der Waals surface area contributed by atoms with Crippen molar-refractivity contribution in [2.24, 2.45) is 0 Å². The number of aromatic hydroxyl groups is 1. The SMILES string of the molecule is COc1cc(CC(C)O)c(Cl)cc1O. The summed E-state index contributed by atoms with van der Waals surface area (Å²) in [5.41, 5.74) is 0.760. The number of phenolic OH excluding ortho intramolecular Hbond substituents is 1. The van der Waals surface area contributed by atoms with Crippen LogP contribution in [-0.2, 0) is 6.42 Å². The van der Waals surface area contributed by atoms with Crippen molar-refractivity contribution in [3.63, 3.8) is 0 Å². The second-order valence-electron chi connectivity index (χ2n) is 3.17. The fraction of sp³-hybridized carbons (Fsp3) is 0.400. The van der Waals surface area contributed by atoms with Crippen molar-refractivity contribution in [1.82, 2.24) is 0 Å². The first kappa shape index (κ1) is 11.1. The molecule has 1 aromatic carbocycles. The molecule has 0 aliphatic rings. The highest BCUT2D eigenvalue weighted by Crippen LogP contribution is 2.32. The number of phenols is 1. The highest BCUT2D eigenvalue weighted by Gasteiger charge is 2.09. The Hall–Kier alpha value is -0.930. The van der Waals surface area contributed by atoms with Gasteiger partial charge in [0, 0.05) is 11.1 Å². The molecular weight excluding hydrogens is 204 g/mol. The van der Waals surface area contributed by atoms with Crippen LogP contribution in [0.4, 0.5) is 0 Å². The summed E-state index contributed by atoms with van der Waals surface area (Å²) in [6, 6.07) is 3.04. The molecular formula is C10H13ClO3. The number of methoxy groups -OCH3 is 1. The van der Waals surface area contributed by atoms with Gasteiger partial charge in [-0.05, 0) is 25.0 Å². The van der Waals surface area contributed by atoms with E-state index in [1.807, 2.05) is 0 Å². The quantitative estimate of drug-likeness (QED) is 0.813. The summed E-state index contributed by atoms with van der Waals surface area (Å²) in [5.74, 6) is 0.372. The second kappa shape index (κ2) is 4.53. The lowest BCUT2D eigenvalue weighted by Gasteiger charge is -2.10. The van der Waals surface area contributed by atoms with E-state index in [1.165, 1.54) is 13.2 Å². The number of benzene rings is 1.